The van der Waals surface area contributed by atoms with E-state index in [1.54, 1.807) is 0 Å². The number of esters is 1. The summed E-state index contributed by atoms with van der Waals surface area (Å²) in [5.74, 6) is -0.412. The highest BCUT2D eigenvalue weighted by molar-refractivity contribution is 6.07. The molecule has 2 aromatic rings. The van der Waals surface area contributed by atoms with Crippen molar-refractivity contribution in [2.24, 2.45) is 5.92 Å². The number of rotatable bonds is 3. The Balaban J connectivity index is 1.31. The summed E-state index contributed by atoms with van der Waals surface area (Å²) in [5, 5.41) is 5.10. The molecule has 0 unspecified atom stereocenters. The summed E-state index contributed by atoms with van der Waals surface area (Å²) in [6.07, 6.45) is 5.23. The number of nitrogens with one attached hydrogen (secondary N) is 1. The average molecular weight is 418 g/mol. The van der Waals surface area contributed by atoms with E-state index in [0.717, 1.165) is 36.5 Å². The maximum atomic E-state index is 12.9. The number of allylic oxidation sites excluding steroid dienone is 1. The van der Waals surface area contributed by atoms with Gasteiger partial charge in [-0.05, 0) is 49.4 Å². The summed E-state index contributed by atoms with van der Waals surface area (Å²) in [5.41, 5.74) is 2.15. The normalized spacial score (nSPS) is 31.8. The summed E-state index contributed by atoms with van der Waals surface area (Å²) >= 11 is 0. The minimum Gasteiger partial charge on any atom is -0.455 e. The fraction of sp³-hybridized carbons (Fsp3) is 0.385. The van der Waals surface area contributed by atoms with Crippen molar-refractivity contribution in [3.8, 4) is 0 Å². The molecule has 2 aromatic carbocycles. The van der Waals surface area contributed by atoms with Crippen LogP contribution in [-0.4, -0.2) is 36.2 Å². The molecule has 5 nitrogen and oxygen atoms in total. The van der Waals surface area contributed by atoms with Gasteiger partial charge in [0, 0.05) is 23.6 Å². The first-order chi connectivity index (χ1) is 15.0. The largest absolute Gasteiger partial charge is 0.455 e. The van der Waals surface area contributed by atoms with Crippen molar-refractivity contribution in [1.82, 2.24) is 5.32 Å². The van der Waals surface area contributed by atoms with Crippen LogP contribution in [0.1, 0.15) is 43.0 Å². The van der Waals surface area contributed by atoms with Gasteiger partial charge in [0.15, 0.2) is 0 Å². The monoisotopic (exact) mass is 417 g/mol. The Hall–Kier alpha value is -2.92. The van der Waals surface area contributed by atoms with Gasteiger partial charge in [-0.15, -0.1) is 0 Å². The predicted molar refractivity (Wildman–Crippen MR) is 119 cm³/mol. The molecule has 1 amide bonds. The summed E-state index contributed by atoms with van der Waals surface area (Å²) in [6, 6.07) is 13.7. The highest BCUT2D eigenvalue weighted by Gasteiger charge is 2.61. The van der Waals surface area contributed by atoms with E-state index >= 15 is 0 Å². The summed E-state index contributed by atoms with van der Waals surface area (Å²) in [7, 11) is 0. The van der Waals surface area contributed by atoms with Gasteiger partial charge in [-0.2, -0.15) is 0 Å². The van der Waals surface area contributed by atoms with E-state index in [0.29, 0.717) is 17.7 Å². The lowest BCUT2D eigenvalue weighted by Crippen LogP contribution is -2.30. The van der Waals surface area contributed by atoms with Crippen LogP contribution in [0.25, 0.3) is 10.8 Å². The van der Waals surface area contributed by atoms with Crippen molar-refractivity contribution in [3.05, 3.63) is 71.8 Å². The van der Waals surface area contributed by atoms with Crippen LogP contribution in [-0.2, 0) is 14.3 Å². The minimum atomic E-state index is -0.304. The van der Waals surface area contributed by atoms with Gasteiger partial charge in [-0.1, -0.05) is 54.6 Å². The number of ether oxygens (including phenoxy) is 2. The van der Waals surface area contributed by atoms with E-state index in [1.807, 2.05) is 42.5 Å². The third-order valence-electron chi connectivity index (χ3n) is 6.95. The zero-order valence-electron chi connectivity index (χ0n) is 17.7. The summed E-state index contributed by atoms with van der Waals surface area (Å²) < 4.78 is 11.6. The molecular weight excluding hydrogens is 390 g/mol. The quantitative estimate of drug-likeness (QED) is 0.349. The average Bonchev–Trinajstić information content (AvgIpc) is 3.37. The lowest BCUT2D eigenvalue weighted by atomic mass is 9.84. The van der Waals surface area contributed by atoms with Gasteiger partial charge < -0.3 is 14.8 Å². The van der Waals surface area contributed by atoms with Gasteiger partial charge >= 0.3 is 5.97 Å². The molecule has 5 heteroatoms. The van der Waals surface area contributed by atoms with Gasteiger partial charge in [0.25, 0.3) is 5.91 Å². The minimum absolute atomic E-state index is 0.0328. The molecule has 2 saturated heterocycles. The van der Waals surface area contributed by atoms with Crippen molar-refractivity contribution >= 4 is 22.6 Å². The van der Waals surface area contributed by atoms with Crippen LogP contribution in [0, 0.1) is 5.92 Å². The molecule has 31 heavy (non-hydrogen) atoms. The summed E-state index contributed by atoms with van der Waals surface area (Å²) in [4.78, 5) is 25.0. The van der Waals surface area contributed by atoms with Crippen LogP contribution in [0.2, 0.25) is 0 Å². The number of carbonyl (C=O) groups excluding carboxylic acids is 2. The topological polar surface area (TPSA) is 67.9 Å². The first-order valence-corrected chi connectivity index (χ1v) is 11.0. The first kappa shape index (κ1) is 20.0. The van der Waals surface area contributed by atoms with Crippen LogP contribution < -0.4 is 5.32 Å². The van der Waals surface area contributed by atoms with Gasteiger partial charge in [-0.25, -0.2) is 4.79 Å². The Kier molecular flexibility index (Phi) is 4.94. The van der Waals surface area contributed by atoms with Crippen LogP contribution in [0.4, 0.5) is 0 Å². The van der Waals surface area contributed by atoms with Crippen molar-refractivity contribution < 1.29 is 19.1 Å². The Morgan fingerprint density at radius 3 is 2.90 bits per heavy atom. The molecule has 160 valence electrons. The van der Waals surface area contributed by atoms with E-state index in [4.69, 9.17) is 9.47 Å². The van der Waals surface area contributed by atoms with Crippen molar-refractivity contribution in [3.63, 3.8) is 0 Å². The van der Waals surface area contributed by atoms with Crippen LogP contribution in [0.5, 0.6) is 0 Å². The molecule has 2 aliphatic heterocycles. The number of amides is 1. The molecule has 0 radical (unpaired) electrons. The zero-order valence-corrected chi connectivity index (χ0v) is 17.7. The molecule has 3 aliphatic rings. The maximum Gasteiger partial charge on any atom is 0.334 e. The van der Waals surface area contributed by atoms with Gasteiger partial charge in [0.2, 0.25) is 0 Å². The zero-order chi connectivity index (χ0) is 21.6. The van der Waals surface area contributed by atoms with Gasteiger partial charge in [-0.3, -0.25) is 4.79 Å². The molecule has 1 N–H and O–H groups in total. The SMILES string of the molecule is C=C1C(=O)O[C@H]2[C@H]1CC/C(CNC(=O)c1cccc3ccccc13)=C\CC[C@@]1(C)O[C@@H]21. The van der Waals surface area contributed by atoms with E-state index in [-0.39, 0.29) is 35.6 Å². The fourth-order valence-electron chi connectivity index (χ4n) is 4.99. The maximum absolute atomic E-state index is 12.9. The Morgan fingerprint density at radius 2 is 2.03 bits per heavy atom. The lowest BCUT2D eigenvalue weighted by Gasteiger charge is -2.20. The van der Waals surface area contributed by atoms with Crippen LogP contribution in [0.3, 0.4) is 0 Å². The molecular formula is C26H27NO4. The Morgan fingerprint density at radius 1 is 1.23 bits per heavy atom. The molecule has 0 bridgehead atoms. The second-order valence-corrected chi connectivity index (χ2v) is 9.00. The van der Waals surface area contributed by atoms with Crippen molar-refractivity contribution in [2.75, 3.05) is 6.54 Å². The van der Waals surface area contributed by atoms with Crippen LogP contribution in [0.15, 0.2) is 66.3 Å². The number of epoxide rings is 1. The molecule has 2 heterocycles. The van der Waals surface area contributed by atoms with Crippen molar-refractivity contribution in [1.29, 1.82) is 0 Å². The standard InChI is InChI=1S/C26H27NO4/c1-16-19-13-12-17(7-6-14-26(2)23(31-26)22(19)30-25(16)29)15-27-24(28)21-11-5-9-18-8-3-4-10-20(18)21/h3-5,7-11,19,22-23H,1,6,12-15H2,2H3,(H,27,28)/b17-7+/t19-,22-,23-,26+/m0/s1. The lowest BCUT2D eigenvalue weighted by molar-refractivity contribution is -0.140. The molecule has 5 rings (SSSR count). The third-order valence-corrected chi connectivity index (χ3v) is 6.95. The molecule has 0 aromatic heterocycles. The number of carbonyl (C=O) groups is 2. The number of fused-ring (bicyclic) bond motifs is 4. The molecule has 4 atom stereocenters. The van der Waals surface area contributed by atoms with E-state index < -0.39 is 0 Å². The van der Waals surface area contributed by atoms with E-state index in [9.17, 15) is 9.59 Å². The molecule has 0 spiro atoms. The number of hydrogen-bond acceptors (Lipinski definition) is 4. The van der Waals surface area contributed by atoms with Crippen LogP contribution >= 0.6 is 0 Å². The van der Waals surface area contributed by atoms with E-state index in [1.165, 1.54) is 5.57 Å². The molecule has 1 aliphatic carbocycles. The molecule has 0 saturated carbocycles. The summed E-state index contributed by atoms with van der Waals surface area (Å²) in [6.45, 7) is 6.54. The highest BCUT2D eigenvalue weighted by Crippen LogP contribution is 2.49. The molecule has 2 fully saturated rings. The highest BCUT2D eigenvalue weighted by atomic mass is 16.6. The van der Waals surface area contributed by atoms with Gasteiger partial charge in [0.1, 0.15) is 12.2 Å². The predicted octanol–water partition coefficient (Wildman–Crippen LogP) is 4.33. The number of benzene rings is 2. The van der Waals surface area contributed by atoms with Crippen molar-refractivity contribution in [2.45, 2.75) is 50.4 Å². The second-order valence-electron chi connectivity index (χ2n) is 9.00. The second kappa shape index (κ2) is 7.65. The van der Waals surface area contributed by atoms with E-state index in [2.05, 4.69) is 24.9 Å². The number of hydrogen-bond donors (Lipinski definition) is 1. The Bertz CT molecular complexity index is 1100. The smallest absolute Gasteiger partial charge is 0.334 e. The third kappa shape index (κ3) is 3.68. The fourth-order valence-corrected chi connectivity index (χ4v) is 4.99. The first-order valence-electron chi connectivity index (χ1n) is 11.0. The van der Waals surface area contributed by atoms with Gasteiger partial charge in [0.05, 0.1) is 5.60 Å². The Labute approximate surface area is 182 Å².